The molecular formula is C22H24N2O3S2. The van der Waals surface area contributed by atoms with Crippen LogP contribution in [-0.4, -0.2) is 42.4 Å². The number of thioether (sulfide) groups is 1. The van der Waals surface area contributed by atoms with Crippen LogP contribution in [0.15, 0.2) is 46.7 Å². The fourth-order valence-electron chi connectivity index (χ4n) is 3.74. The maximum Gasteiger partial charge on any atom is 0.272 e. The van der Waals surface area contributed by atoms with Crippen LogP contribution < -0.4 is 9.80 Å². The summed E-state index contributed by atoms with van der Waals surface area (Å²) in [7, 11) is 0. The second kappa shape index (κ2) is 8.73. The van der Waals surface area contributed by atoms with E-state index in [1.54, 1.807) is 0 Å². The Hall–Kier alpha value is -2.09. The van der Waals surface area contributed by atoms with E-state index in [-0.39, 0.29) is 18.4 Å². The van der Waals surface area contributed by atoms with Crippen molar-refractivity contribution in [3.8, 4) is 0 Å². The summed E-state index contributed by atoms with van der Waals surface area (Å²) >= 11 is 2.68. The van der Waals surface area contributed by atoms with Gasteiger partial charge in [-0.15, -0.1) is 23.1 Å². The van der Waals surface area contributed by atoms with E-state index in [4.69, 9.17) is 0 Å². The standard InChI is InChI=1S/C22H24N2O3S2/c1-15-8-10-23(11-9-15)16-4-6-17(7-5-16)24-21(26)19(18-3-2-13-28-18)20(22(24)27)29-14-12-25/h2-7,13,15,25H,8-12,14H2,1H3. The number of aliphatic hydroxyl groups is 1. The largest absolute Gasteiger partial charge is 0.396 e. The Bertz CT molecular complexity index is 914. The van der Waals surface area contributed by atoms with Gasteiger partial charge in [0.25, 0.3) is 11.8 Å². The average Bonchev–Trinajstić information content (AvgIpc) is 3.33. The number of amides is 2. The number of carbonyl (C=O) groups excluding carboxylic acids is 2. The van der Waals surface area contributed by atoms with Crippen molar-refractivity contribution < 1.29 is 14.7 Å². The van der Waals surface area contributed by atoms with Gasteiger partial charge in [0, 0.05) is 29.4 Å². The topological polar surface area (TPSA) is 60.9 Å². The van der Waals surface area contributed by atoms with Crippen molar-refractivity contribution in [3.05, 3.63) is 51.6 Å². The molecule has 0 aliphatic carbocycles. The Morgan fingerprint density at radius 1 is 1.07 bits per heavy atom. The Morgan fingerprint density at radius 3 is 2.38 bits per heavy atom. The van der Waals surface area contributed by atoms with Gasteiger partial charge in [0.15, 0.2) is 0 Å². The quantitative estimate of drug-likeness (QED) is 0.705. The van der Waals surface area contributed by atoms with E-state index in [0.29, 0.717) is 21.9 Å². The Balaban J connectivity index is 1.59. The first-order valence-electron chi connectivity index (χ1n) is 9.85. The third kappa shape index (κ3) is 3.99. The van der Waals surface area contributed by atoms with Gasteiger partial charge in [-0.3, -0.25) is 9.59 Å². The first-order valence-corrected chi connectivity index (χ1v) is 11.7. The van der Waals surface area contributed by atoms with E-state index in [2.05, 4.69) is 11.8 Å². The van der Waals surface area contributed by atoms with Crippen molar-refractivity contribution in [2.24, 2.45) is 5.92 Å². The van der Waals surface area contributed by atoms with Gasteiger partial charge in [0.2, 0.25) is 0 Å². The molecule has 0 atom stereocenters. The van der Waals surface area contributed by atoms with Crippen LogP contribution in [0.4, 0.5) is 11.4 Å². The van der Waals surface area contributed by atoms with Gasteiger partial charge < -0.3 is 10.0 Å². The maximum atomic E-state index is 13.2. The molecule has 1 aromatic heterocycles. The molecule has 0 bridgehead atoms. The van der Waals surface area contributed by atoms with Crippen molar-refractivity contribution in [2.75, 3.05) is 35.2 Å². The molecule has 0 unspecified atom stereocenters. The Kier molecular flexibility index (Phi) is 6.08. The van der Waals surface area contributed by atoms with Gasteiger partial charge in [-0.05, 0) is 54.5 Å². The molecule has 7 heteroatoms. The van der Waals surface area contributed by atoms with Crippen LogP contribution in [-0.2, 0) is 9.59 Å². The number of hydrogen-bond acceptors (Lipinski definition) is 6. The SMILES string of the molecule is CC1CCN(c2ccc(N3C(=O)C(SCCO)=C(c4cccs4)C3=O)cc2)CC1. The summed E-state index contributed by atoms with van der Waals surface area (Å²) in [5, 5.41) is 11.1. The van der Waals surface area contributed by atoms with E-state index in [1.165, 1.54) is 40.8 Å². The minimum absolute atomic E-state index is 0.0451. The second-order valence-corrected chi connectivity index (χ2v) is 9.44. The van der Waals surface area contributed by atoms with Crippen LogP contribution in [0, 0.1) is 5.92 Å². The number of piperidine rings is 1. The summed E-state index contributed by atoms with van der Waals surface area (Å²) in [6.07, 6.45) is 2.37. The number of benzene rings is 1. The summed E-state index contributed by atoms with van der Waals surface area (Å²) in [4.78, 5) is 31.1. The number of aliphatic hydroxyl groups excluding tert-OH is 1. The lowest BCUT2D eigenvalue weighted by atomic mass is 9.99. The summed E-state index contributed by atoms with van der Waals surface area (Å²) in [6, 6.07) is 11.4. The molecule has 2 amide bonds. The molecule has 2 aliphatic rings. The molecule has 3 heterocycles. The zero-order valence-corrected chi connectivity index (χ0v) is 18.0. The van der Waals surface area contributed by atoms with Gasteiger partial charge in [-0.1, -0.05) is 13.0 Å². The number of imide groups is 1. The van der Waals surface area contributed by atoms with Crippen LogP contribution >= 0.6 is 23.1 Å². The minimum atomic E-state index is -0.309. The molecule has 1 saturated heterocycles. The summed E-state index contributed by atoms with van der Waals surface area (Å²) < 4.78 is 0. The second-order valence-electron chi connectivity index (χ2n) is 7.39. The summed E-state index contributed by atoms with van der Waals surface area (Å²) in [6.45, 7) is 4.31. The smallest absolute Gasteiger partial charge is 0.272 e. The average molecular weight is 429 g/mol. The number of anilines is 2. The van der Waals surface area contributed by atoms with E-state index in [9.17, 15) is 14.7 Å². The van der Waals surface area contributed by atoms with Crippen LogP contribution in [0.2, 0.25) is 0 Å². The highest BCUT2D eigenvalue weighted by Gasteiger charge is 2.40. The third-order valence-corrected chi connectivity index (χ3v) is 7.34. The highest BCUT2D eigenvalue weighted by atomic mass is 32.2. The molecular weight excluding hydrogens is 404 g/mol. The highest BCUT2D eigenvalue weighted by Crippen LogP contribution is 2.40. The molecule has 1 N–H and O–H groups in total. The van der Waals surface area contributed by atoms with Crippen molar-refractivity contribution in [3.63, 3.8) is 0 Å². The van der Waals surface area contributed by atoms with Gasteiger partial charge in [-0.25, -0.2) is 4.90 Å². The van der Waals surface area contributed by atoms with Gasteiger partial charge in [0.05, 0.1) is 22.8 Å². The van der Waals surface area contributed by atoms with Crippen molar-refractivity contribution in [2.45, 2.75) is 19.8 Å². The minimum Gasteiger partial charge on any atom is -0.396 e. The lowest BCUT2D eigenvalue weighted by Crippen LogP contribution is -2.33. The maximum absolute atomic E-state index is 13.2. The zero-order valence-electron chi connectivity index (χ0n) is 16.3. The van der Waals surface area contributed by atoms with Gasteiger partial charge in [0.1, 0.15) is 0 Å². The first kappa shape index (κ1) is 20.2. The molecule has 152 valence electrons. The van der Waals surface area contributed by atoms with Gasteiger partial charge >= 0.3 is 0 Å². The normalized spacial score (nSPS) is 18.3. The summed E-state index contributed by atoms with van der Waals surface area (Å²) in [5.74, 6) is 0.541. The highest BCUT2D eigenvalue weighted by molar-refractivity contribution is 8.04. The zero-order chi connectivity index (χ0) is 20.4. The molecule has 0 saturated carbocycles. The molecule has 2 aromatic rings. The predicted octanol–water partition coefficient (Wildman–Crippen LogP) is 3.99. The van der Waals surface area contributed by atoms with E-state index < -0.39 is 0 Å². The molecule has 0 radical (unpaired) electrons. The number of rotatable bonds is 6. The van der Waals surface area contributed by atoms with E-state index in [0.717, 1.165) is 29.6 Å². The number of carbonyl (C=O) groups is 2. The first-order chi connectivity index (χ1) is 14.1. The van der Waals surface area contributed by atoms with Gasteiger partial charge in [-0.2, -0.15) is 0 Å². The number of nitrogens with zero attached hydrogens (tertiary/aromatic N) is 2. The van der Waals surface area contributed by atoms with E-state index >= 15 is 0 Å². The molecule has 4 rings (SSSR count). The fourth-order valence-corrected chi connectivity index (χ4v) is 5.43. The number of hydrogen-bond donors (Lipinski definition) is 1. The molecule has 5 nitrogen and oxygen atoms in total. The molecule has 0 spiro atoms. The molecule has 1 fully saturated rings. The monoisotopic (exact) mass is 428 g/mol. The predicted molar refractivity (Wildman–Crippen MR) is 120 cm³/mol. The van der Waals surface area contributed by atoms with Crippen molar-refractivity contribution in [1.82, 2.24) is 0 Å². The van der Waals surface area contributed by atoms with E-state index in [1.807, 2.05) is 41.8 Å². The molecule has 1 aromatic carbocycles. The van der Waals surface area contributed by atoms with Crippen LogP contribution in [0.5, 0.6) is 0 Å². The third-order valence-electron chi connectivity index (χ3n) is 5.40. The lowest BCUT2D eigenvalue weighted by Gasteiger charge is -2.32. The van der Waals surface area contributed by atoms with Crippen LogP contribution in [0.1, 0.15) is 24.6 Å². The van der Waals surface area contributed by atoms with Crippen LogP contribution in [0.3, 0.4) is 0 Å². The Morgan fingerprint density at radius 2 is 1.76 bits per heavy atom. The number of thiophene rings is 1. The lowest BCUT2D eigenvalue weighted by molar-refractivity contribution is -0.119. The van der Waals surface area contributed by atoms with Crippen molar-refractivity contribution >= 4 is 51.9 Å². The fraction of sp³-hybridized carbons (Fsp3) is 0.364. The Labute approximate surface area is 179 Å². The molecule has 29 heavy (non-hydrogen) atoms. The molecule has 2 aliphatic heterocycles. The summed E-state index contributed by atoms with van der Waals surface area (Å²) in [5.41, 5.74) is 2.15. The van der Waals surface area contributed by atoms with Crippen molar-refractivity contribution in [1.29, 1.82) is 0 Å². The van der Waals surface area contributed by atoms with Crippen LogP contribution in [0.25, 0.3) is 5.57 Å².